The van der Waals surface area contributed by atoms with Gasteiger partial charge in [-0.05, 0) is 220 Å². The van der Waals surface area contributed by atoms with Gasteiger partial charge in [0, 0.05) is 47.4 Å². The predicted octanol–water partition coefficient (Wildman–Crippen LogP) is 19.6. The Hall–Kier alpha value is -8.17. The van der Waals surface area contributed by atoms with Gasteiger partial charge in [-0.1, -0.05) is 94.1 Å². The first-order valence-corrected chi connectivity index (χ1v) is 34.0. The minimum absolute atomic E-state index is 0.0882. The van der Waals surface area contributed by atoms with E-state index in [-0.39, 0.29) is 51.0 Å². The van der Waals surface area contributed by atoms with Crippen molar-refractivity contribution in [2.45, 2.75) is 131 Å². The van der Waals surface area contributed by atoms with Crippen molar-refractivity contribution in [1.82, 2.24) is 0 Å². The Bertz CT molecular complexity index is 3200. The van der Waals surface area contributed by atoms with E-state index in [9.17, 15) is 35.8 Å². The summed E-state index contributed by atoms with van der Waals surface area (Å²) < 4.78 is 116. The van der Waals surface area contributed by atoms with Crippen molar-refractivity contribution in [3.8, 4) is 34.5 Å². The Kier molecular flexibility index (Phi) is 50.0. The maximum absolute atomic E-state index is 13.4. The van der Waals surface area contributed by atoms with Gasteiger partial charge in [0.25, 0.3) is 0 Å². The Balaban J connectivity index is 0.000000594. The fraction of sp³-hybridized carbons (Fsp3) is 0.436. The average molecular weight is 1450 g/mol. The molecule has 0 bridgehead atoms. The van der Waals surface area contributed by atoms with E-state index in [2.05, 4.69) is 41.3 Å². The standard InChI is InChI=1S/2C14H20FNO.C13H17BrFNO.C13H19FN2O.C13H16FNO.C11H14F2O2/c1-11(9-12(2)16)10-13-3-5-14(6-4-13)17-8-7-15;1-11(3-4-12(2)16)13-5-7-14(8-6-13)17-10-9-15;1-10(16)3-2-4-11-5-6-13(12(14)9-11)17-8-7-15;1-11(15)16-9-2-3-12-4-6-13(7-5-12)17-10-8-14;1-11(15)3-2-4-12-5-7-13(8-6-12)16-10-9-14;1-2-11(14)9-4-3-8(7-10(9)13)15-6-5-12/h3-6,11,16H,7-10H2,1-2H3;5-8,11,16H,3-4,9-10H2,1-2H3;5-6,9,16H,2-4,7-8H2,1H3;4-7H,2-3,8-10H2,1H3,(H2,15,16);2,4-8H,1,3,9-10,15H2;3-4,7,11,14H,2,5-6H2,1H3/b;;;;4-2+;/t;;;;;11-/m.....0/s1. The lowest BCUT2D eigenvalue weighted by molar-refractivity contribution is 0.168. The number of aliphatic imine (C=N–C) groups is 1. The third kappa shape index (κ3) is 45.2. The maximum Gasteiger partial charge on any atom is 0.133 e. The fourth-order valence-electron chi connectivity index (χ4n) is 8.92. The van der Waals surface area contributed by atoms with Crippen LogP contribution in [-0.2, 0) is 19.3 Å². The Labute approximate surface area is 592 Å². The fourth-order valence-corrected chi connectivity index (χ4v) is 9.46. The molecule has 6 aromatic rings. The monoisotopic (exact) mass is 1450 g/mol. The largest absolute Gasteiger partial charge is 0.491 e. The van der Waals surface area contributed by atoms with Gasteiger partial charge in [0.15, 0.2) is 0 Å². The number of halogens is 8. The smallest absolute Gasteiger partial charge is 0.133 e. The topological polar surface area (TPSA) is 212 Å². The molecular weight excluding hydrogens is 1350 g/mol. The van der Waals surface area contributed by atoms with E-state index in [1.165, 1.54) is 34.4 Å². The highest BCUT2D eigenvalue weighted by atomic mass is 79.9. The molecule has 13 nitrogen and oxygen atoms in total. The molecule has 0 spiro atoms. The number of rotatable bonds is 39. The maximum atomic E-state index is 13.4. The number of aryl methyl sites for hydroxylation is 2. The van der Waals surface area contributed by atoms with Crippen LogP contribution in [-0.4, -0.2) is 114 Å². The number of nitrogens with zero attached hydrogens (tertiary/aromatic N) is 1. The van der Waals surface area contributed by atoms with Crippen molar-refractivity contribution in [2.75, 3.05) is 86.2 Å². The molecule has 546 valence electrons. The highest BCUT2D eigenvalue weighted by Crippen LogP contribution is 2.28. The number of hydrogen-bond donors (Lipinski definition) is 6. The summed E-state index contributed by atoms with van der Waals surface area (Å²) in [6.07, 6.45) is 12.5. The van der Waals surface area contributed by atoms with Crippen molar-refractivity contribution in [3.63, 3.8) is 0 Å². The predicted molar refractivity (Wildman–Crippen MR) is 396 cm³/mol. The van der Waals surface area contributed by atoms with Gasteiger partial charge in [-0.15, -0.1) is 0 Å². The van der Waals surface area contributed by atoms with Crippen molar-refractivity contribution in [1.29, 1.82) is 16.2 Å². The van der Waals surface area contributed by atoms with Gasteiger partial charge in [0.1, 0.15) is 120 Å². The number of benzene rings is 6. The van der Waals surface area contributed by atoms with Gasteiger partial charge in [0.05, 0.1) is 16.4 Å². The molecule has 0 aromatic heterocycles. The van der Waals surface area contributed by atoms with Gasteiger partial charge in [-0.25, -0.2) is 30.7 Å². The zero-order valence-corrected chi connectivity index (χ0v) is 60.4. The first-order valence-electron chi connectivity index (χ1n) is 33.3. The quantitative estimate of drug-likeness (QED) is 0.00937. The summed E-state index contributed by atoms with van der Waals surface area (Å²) >= 11 is 3.41. The first kappa shape index (κ1) is 88.8. The van der Waals surface area contributed by atoms with E-state index in [1.54, 1.807) is 13.8 Å². The molecule has 0 fully saturated rings. The third-order valence-corrected chi connectivity index (χ3v) is 14.5. The number of allylic oxidation sites excluding steroid dienone is 1. The molecule has 3 atom stereocenters. The van der Waals surface area contributed by atoms with Crippen LogP contribution in [0.1, 0.15) is 145 Å². The van der Waals surface area contributed by atoms with Crippen LogP contribution in [0.3, 0.4) is 0 Å². The lowest BCUT2D eigenvalue weighted by Gasteiger charge is -2.12. The molecule has 0 amide bonds. The zero-order valence-electron chi connectivity index (χ0n) is 58.8. The summed E-state index contributed by atoms with van der Waals surface area (Å²) in [5.41, 5.74) is 19.9. The highest BCUT2D eigenvalue weighted by molar-refractivity contribution is 9.10. The Morgan fingerprint density at radius 3 is 1.45 bits per heavy atom. The number of nitrogens with two attached hydrogens (primary N) is 2. The lowest BCUT2D eigenvalue weighted by Crippen LogP contribution is -2.06. The highest BCUT2D eigenvalue weighted by Gasteiger charge is 2.12. The SMILES string of the molecule is C=C(N)C/C=C/c1ccc(OCCF)cc1.CC(=N)CC(C)Cc1ccc(OCCF)cc1.CC(=N)CCC(C)c1ccc(OCCF)cc1.CC(=N)CCCc1ccc(OCCF)c(Br)c1.CC(N)=NCCCc1ccc(OCCF)cc1.CC[C@H](O)c1ccc(OCCF)cc1F. The summed E-state index contributed by atoms with van der Waals surface area (Å²) in [4.78, 5) is 4.13. The minimum atomic E-state index is -0.805. The van der Waals surface area contributed by atoms with E-state index in [1.807, 2.05) is 148 Å². The molecule has 6 aromatic carbocycles. The molecule has 0 aliphatic carbocycles. The molecule has 8 N–H and O–H groups in total. The number of ether oxygens (including phenoxy) is 6. The molecule has 0 heterocycles. The summed E-state index contributed by atoms with van der Waals surface area (Å²) in [5.74, 6) is 4.77. The van der Waals surface area contributed by atoms with Gasteiger partial charge >= 0.3 is 0 Å². The molecular formula is C78H106BrF7N6O7. The molecule has 99 heavy (non-hydrogen) atoms. The minimum Gasteiger partial charge on any atom is -0.491 e. The van der Waals surface area contributed by atoms with Crippen molar-refractivity contribution in [2.24, 2.45) is 22.4 Å². The van der Waals surface area contributed by atoms with E-state index in [4.69, 9.17) is 56.1 Å². The lowest BCUT2D eigenvalue weighted by atomic mass is 9.95. The van der Waals surface area contributed by atoms with Crippen molar-refractivity contribution in [3.05, 3.63) is 195 Å². The van der Waals surface area contributed by atoms with Crippen LogP contribution in [0.25, 0.3) is 6.08 Å². The van der Waals surface area contributed by atoms with Crippen LogP contribution >= 0.6 is 15.9 Å². The van der Waals surface area contributed by atoms with Crippen LogP contribution in [0.5, 0.6) is 34.5 Å². The Morgan fingerprint density at radius 1 is 0.566 bits per heavy atom. The van der Waals surface area contributed by atoms with E-state index >= 15 is 0 Å². The van der Waals surface area contributed by atoms with Crippen LogP contribution in [0.15, 0.2) is 161 Å². The molecule has 0 aliphatic rings. The zero-order chi connectivity index (χ0) is 73.6. The molecule has 0 saturated heterocycles. The van der Waals surface area contributed by atoms with Crippen LogP contribution < -0.4 is 39.9 Å². The van der Waals surface area contributed by atoms with E-state index < -0.39 is 52.0 Å². The molecule has 6 rings (SSSR count). The van der Waals surface area contributed by atoms with Gasteiger partial charge in [-0.2, -0.15) is 0 Å². The number of hydrogen-bond acceptors (Lipinski definition) is 12. The summed E-state index contributed by atoms with van der Waals surface area (Å²) in [6.45, 7) is 15.2. The number of aliphatic hydroxyl groups is 1. The third-order valence-electron chi connectivity index (χ3n) is 13.8. The number of aliphatic hydroxyl groups excluding tert-OH is 1. The number of nitrogens with one attached hydrogen (secondary N) is 3. The second kappa shape index (κ2) is 55.7. The second-order valence-electron chi connectivity index (χ2n) is 23.1. The van der Waals surface area contributed by atoms with E-state index in [0.29, 0.717) is 70.7 Å². The van der Waals surface area contributed by atoms with Crippen LogP contribution in [0.4, 0.5) is 30.7 Å². The summed E-state index contributed by atoms with van der Waals surface area (Å²) in [6, 6.07) is 40.6. The molecule has 0 aliphatic heterocycles. The summed E-state index contributed by atoms with van der Waals surface area (Å²) in [7, 11) is 0. The number of amidine groups is 1. The molecule has 2 unspecified atom stereocenters. The van der Waals surface area contributed by atoms with Crippen molar-refractivity contribution >= 4 is 45.0 Å². The Morgan fingerprint density at radius 2 is 1.01 bits per heavy atom. The van der Waals surface area contributed by atoms with Gasteiger partial charge in [0.2, 0.25) is 0 Å². The molecule has 0 radical (unpaired) electrons. The molecule has 21 heteroatoms. The van der Waals surface area contributed by atoms with Crippen LogP contribution in [0, 0.1) is 28.0 Å². The number of alkyl halides is 6. The summed E-state index contributed by atoms with van der Waals surface area (Å²) in [5, 5.41) is 31.6. The van der Waals surface area contributed by atoms with E-state index in [0.717, 1.165) is 91.9 Å². The molecule has 0 saturated carbocycles. The van der Waals surface area contributed by atoms with Crippen LogP contribution in [0.2, 0.25) is 0 Å². The van der Waals surface area contributed by atoms with Gasteiger partial charge in [-0.3, -0.25) is 4.99 Å². The van der Waals surface area contributed by atoms with Gasteiger partial charge < -0.3 is 61.2 Å². The normalized spacial score (nSPS) is 11.5. The second-order valence-corrected chi connectivity index (χ2v) is 23.9. The van der Waals surface area contributed by atoms with Crippen molar-refractivity contribution < 1.29 is 64.3 Å². The average Bonchev–Trinajstić information content (AvgIpc) is 0.920. The first-order chi connectivity index (χ1) is 47.5.